The van der Waals surface area contributed by atoms with E-state index in [9.17, 15) is 8.78 Å². The molecule has 0 saturated carbocycles. The summed E-state index contributed by atoms with van der Waals surface area (Å²) in [6, 6.07) is 5.14. The molecule has 1 N–H and O–H groups in total. The summed E-state index contributed by atoms with van der Waals surface area (Å²) in [6.45, 7) is -2.62. The standard InChI is InChI=1S/C14H12ClF2N5OS/c1-23-10-3-2-8(15)6-9(10)12-19-14(21-20-12)24-7-11-18-4-5-22(11)13(16)17/h2-6,13H,7H2,1H3,(H,19,20,21). The van der Waals surface area contributed by atoms with Crippen LogP contribution in [0.5, 0.6) is 5.75 Å². The summed E-state index contributed by atoms with van der Waals surface area (Å²) in [4.78, 5) is 8.25. The Labute approximate surface area is 145 Å². The first kappa shape index (κ1) is 16.7. The minimum atomic E-state index is -2.62. The maximum atomic E-state index is 12.8. The van der Waals surface area contributed by atoms with Gasteiger partial charge >= 0.3 is 6.55 Å². The van der Waals surface area contributed by atoms with Crippen LogP contribution in [0.2, 0.25) is 5.02 Å². The molecule has 0 atom stereocenters. The summed E-state index contributed by atoms with van der Waals surface area (Å²) in [7, 11) is 1.54. The molecule has 3 rings (SSSR count). The number of nitrogens with one attached hydrogen (secondary N) is 1. The highest BCUT2D eigenvalue weighted by Crippen LogP contribution is 2.31. The highest BCUT2D eigenvalue weighted by atomic mass is 35.5. The van der Waals surface area contributed by atoms with Crippen LogP contribution < -0.4 is 4.74 Å². The smallest absolute Gasteiger partial charge is 0.319 e. The normalized spacial score (nSPS) is 11.2. The number of aromatic amines is 1. The van der Waals surface area contributed by atoms with Gasteiger partial charge in [0.25, 0.3) is 0 Å². The lowest BCUT2D eigenvalue weighted by Crippen LogP contribution is -2.02. The lowest BCUT2D eigenvalue weighted by atomic mass is 10.2. The van der Waals surface area contributed by atoms with Gasteiger partial charge in [0.1, 0.15) is 11.6 Å². The van der Waals surface area contributed by atoms with Gasteiger partial charge in [0.2, 0.25) is 5.16 Å². The minimum Gasteiger partial charge on any atom is -0.496 e. The van der Waals surface area contributed by atoms with Crippen molar-refractivity contribution in [2.45, 2.75) is 17.5 Å². The largest absolute Gasteiger partial charge is 0.496 e. The number of imidazole rings is 1. The maximum absolute atomic E-state index is 12.8. The Bertz CT molecular complexity index is 838. The Morgan fingerprint density at radius 3 is 3.00 bits per heavy atom. The monoisotopic (exact) mass is 371 g/mol. The zero-order chi connectivity index (χ0) is 17.1. The summed E-state index contributed by atoms with van der Waals surface area (Å²) >= 11 is 7.20. The number of aromatic nitrogens is 5. The average molecular weight is 372 g/mol. The number of hydrogen-bond acceptors (Lipinski definition) is 5. The fourth-order valence-corrected chi connectivity index (χ4v) is 2.98. The molecule has 0 radical (unpaired) electrons. The van der Waals surface area contributed by atoms with E-state index in [4.69, 9.17) is 16.3 Å². The number of H-pyrrole nitrogens is 1. The summed E-state index contributed by atoms with van der Waals surface area (Å²) in [5, 5.41) is 7.82. The molecular weight excluding hydrogens is 360 g/mol. The van der Waals surface area contributed by atoms with Gasteiger partial charge in [-0.2, -0.15) is 8.78 Å². The van der Waals surface area contributed by atoms with Crippen molar-refractivity contribution in [2.24, 2.45) is 0 Å². The van der Waals surface area contributed by atoms with Gasteiger partial charge in [-0.3, -0.25) is 9.67 Å². The van der Waals surface area contributed by atoms with Crippen molar-refractivity contribution >= 4 is 23.4 Å². The molecule has 6 nitrogen and oxygen atoms in total. The Hall–Kier alpha value is -2.13. The van der Waals surface area contributed by atoms with Gasteiger partial charge in [-0.05, 0) is 18.2 Å². The van der Waals surface area contributed by atoms with Crippen LogP contribution >= 0.6 is 23.4 Å². The summed E-state index contributed by atoms with van der Waals surface area (Å²) < 4.78 is 31.6. The molecule has 0 aliphatic carbocycles. The van der Waals surface area contributed by atoms with Crippen LogP contribution in [0, 0.1) is 0 Å². The third-order valence-electron chi connectivity index (χ3n) is 3.17. The molecule has 1 aromatic carbocycles. The molecule has 2 heterocycles. The van der Waals surface area contributed by atoms with Crippen LogP contribution in [-0.2, 0) is 5.75 Å². The molecule has 0 aliphatic heterocycles. The number of thioether (sulfide) groups is 1. The molecule has 0 saturated heterocycles. The van der Waals surface area contributed by atoms with Crippen LogP contribution in [0.25, 0.3) is 11.4 Å². The van der Waals surface area contributed by atoms with E-state index < -0.39 is 6.55 Å². The lowest BCUT2D eigenvalue weighted by molar-refractivity contribution is 0.0678. The first-order chi connectivity index (χ1) is 11.6. The van der Waals surface area contributed by atoms with Gasteiger partial charge in [-0.1, -0.05) is 23.4 Å². The Balaban J connectivity index is 1.77. The first-order valence-electron chi connectivity index (χ1n) is 6.77. The van der Waals surface area contributed by atoms with Crippen LogP contribution in [0.15, 0.2) is 35.7 Å². The molecule has 2 aromatic heterocycles. The maximum Gasteiger partial charge on any atom is 0.319 e. The van der Waals surface area contributed by atoms with Crippen LogP contribution in [-0.4, -0.2) is 31.8 Å². The fourth-order valence-electron chi connectivity index (χ4n) is 2.06. The highest BCUT2D eigenvalue weighted by Gasteiger charge is 2.15. The fraction of sp³-hybridized carbons (Fsp3) is 0.214. The molecule has 10 heteroatoms. The lowest BCUT2D eigenvalue weighted by Gasteiger charge is -2.05. The number of hydrogen-bond donors (Lipinski definition) is 1. The second-order valence-electron chi connectivity index (χ2n) is 4.63. The highest BCUT2D eigenvalue weighted by molar-refractivity contribution is 7.98. The van der Waals surface area contributed by atoms with Gasteiger partial charge < -0.3 is 4.74 Å². The van der Waals surface area contributed by atoms with E-state index in [1.807, 2.05) is 0 Å². The van der Waals surface area contributed by atoms with Crippen LogP contribution in [0.1, 0.15) is 12.4 Å². The summed E-state index contributed by atoms with van der Waals surface area (Å²) in [5.74, 6) is 1.55. The molecule has 126 valence electrons. The molecule has 0 bridgehead atoms. The Morgan fingerprint density at radius 2 is 2.25 bits per heavy atom. The van der Waals surface area contributed by atoms with Crippen LogP contribution in [0.4, 0.5) is 8.78 Å². The third kappa shape index (κ3) is 3.51. The number of rotatable bonds is 6. The molecule has 0 unspecified atom stereocenters. The van der Waals surface area contributed by atoms with E-state index in [2.05, 4.69) is 20.2 Å². The van der Waals surface area contributed by atoms with Crippen molar-refractivity contribution in [3.8, 4) is 17.1 Å². The number of methoxy groups -OCH3 is 1. The zero-order valence-corrected chi connectivity index (χ0v) is 14.0. The SMILES string of the molecule is COc1ccc(Cl)cc1-c1nc(SCc2nccn2C(F)F)n[nH]1. The average Bonchev–Trinajstić information content (AvgIpc) is 3.22. The van der Waals surface area contributed by atoms with Gasteiger partial charge in [-0.25, -0.2) is 9.97 Å². The molecular formula is C14H12ClF2N5OS. The Morgan fingerprint density at radius 1 is 1.42 bits per heavy atom. The number of nitrogens with zero attached hydrogens (tertiary/aromatic N) is 4. The summed E-state index contributed by atoms with van der Waals surface area (Å²) in [5.41, 5.74) is 0.665. The number of alkyl halides is 2. The van der Waals surface area contributed by atoms with E-state index in [1.165, 1.54) is 24.2 Å². The van der Waals surface area contributed by atoms with Crippen molar-refractivity contribution in [1.82, 2.24) is 24.7 Å². The molecule has 3 aromatic rings. The molecule has 0 fully saturated rings. The topological polar surface area (TPSA) is 68.6 Å². The Kier molecular flexibility index (Phi) is 5.00. The van der Waals surface area contributed by atoms with Crippen molar-refractivity contribution in [1.29, 1.82) is 0 Å². The van der Waals surface area contributed by atoms with Crippen molar-refractivity contribution in [3.63, 3.8) is 0 Å². The summed E-state index contributed by atoms with van der Waals surface area (Å²) in [6.07, 6.45) is 2.57. The number of ether oxygens (including phenoxy) is 1. The first-order valence-corrected chi connectivity index (χ1v) is 8.14. The van der Waals surface area contributed by atoms with E-state index in [-0.39, 0.29) is 11.6 Å². The van der Waals surface area contributed by atoms with Gasteiger partial charge in [0.15, 0.2) is 5.82 Å². The van der Waals surface area contributed by atoms with Gasteiger partial charge in [0.05, 0.1) is 18.4 Å². The zero-order valence-electron chi connectivity index (χ0n) is 12.4. The van der Waals surface area contributed by atoms with Crippen molar-refractivity contribution in [3.05, 3.63) is 41.4 Å². The predicted molar refractivity (Wildman–Crippen MR) is 86.4 cm³/mol. The van der Waals surface area contributed by atoms with Crippen molar-refractivity contribution < 1.29 is 13.5 Å². The number of halogens is 3. The second kappa shape index (κ2) is 7.18. The van der Waals surface area contributed by atoms with Gasteiger partial charge in [-0.15, -0.1) is 5.10 Å². The molecule has 24 heavy (non-hydrogen) atoms. The minimum absolute atomic E-state index is 0.224. The third-order valence-corrected chi connectivity index (χ3v) is 4.25. The van der Waals surface area contributed by atoms with E-state index >= 15 is 0 Å². The molecule has 0 amide bonds. The van der Waals surface area contributed by atoms with E-state index in [0.717, 1.165) is 4.57 Å². The van der Waals surface area contributed by atoms with Crippen LogP contribution in [0.3, 0.4) is 0 Å². The number of benzene rings is 1. The predicted octanol–water partition coefficient (Wildman–Crippen LogP) is 4.02. The molecule has 0 spiro atoms. The van der Waals surface area contributed by atoms with E-state index in [0.29, 0.717) is 27.3 Å². The van der Waals surface area contributed by atoms with E-state index in [1.54, 1.807) is 25.3 Å². The molecule has 0 aliphatic rings. The van der Waals surface area contributed by atoms with Gasteiger partial charge in [0, 0.05) is 17.4 Å². The van der Waals surface area contributed by atoms with Crippen molar-refractivity contribution in [2.75, 3.05) is 7.11 Å². The second-order valence-corrected chi connectivity index (χ2v) is 6.01. The quantitative estimate of drug-likeness (QED) is 0.663.